The second-order valence-corrected chi connectivity index (χ2v) is 5.56. The SMILES string of the molecule is Cn1ccc(Nc2c(Cl)cnn(CC3CCC3)c2=O)n1. The molecule has 2 aromatic rings. The van der Waals surface area contributed by atoms with Crippen molar-refractivity contribution >= 4 is 23.1 Å². The van der Waals surface area contributed by atoms with Crippen LogP contribution in [0.2, 0.25) is 5.02 Å². The van der Waals surface area contributed by atoms with E-state index in [0.29, 0.717) is 29.0 Å². The summed E-state index contributed by atoms with van der Waals surface area (Å²) in [6.07, 6.45) is 6.88. The summed E-state index contributed by atoms with van der Waals surface area (Å²) in [5.41, 5.74) is 0.134. The van der Waals surface area contributed by atoms with Crippen molar-refractivity contribution in [2.45, 2.75) is 25.8 Å². The summed E-state index contributed by atoms with van der Waals surface area (Å²) in [5, 5.41) is 11.6. The number of halogens is 1. The number of anilines is 2. The van der Waals surface area contributed by atoms with E-state index in [4.69, 9.17) is 11.6 Å². The minimum atomic E-state index is -0.199. The Balaban J connectivity index is 1.88. The molecule has 0 amide bonds. The van der Waals surface area contributed by atoms with Gasteiger partial charge in [-0.2, -0.15) is 10.2 Å². The van der Waals surface area contributed by atoms with Gasteiger partial charge in [0.2, 0.25) is 0 Å². The summed E-state index contributed by atoms with van der Waals surface area (Å²) < 4.78 is 3.14. The fourth-order valence-electron chi connectivity index (χ4n) is 2.24. The van der Waals surface area contributed by atoms with Crippen LogP contribution >= 0.6 is 11.6 Å². The summed E-state index contributed by atoms with van der Waals surface area (Å²) >= 11 is 6.07. The number of hydrogen-bond acceptors (Lipinski definition) is 4. The van der Waals surface area contributed by atoms with E-state index in [1.807, 2.05) is 7.05 Å². The van der Waals surface area contributed by atoms with Crippen molar-refractivity contribution in [3.63, 3.8) is 0 Å². The lowest BCUT2D eigenvalue weighted by molar-refractivity contribution is 0.262. The Morgan fingerprint density at radius 1 is 1.50 bits per heavy atom. The van der Waals surface area contributed by atoms with Gasteiger partial charge < -0.3 is 5.32 Å². The Morgan fingerprint density at radius 3 is 2.90 bits per heavy atom. The molecule has 1 N–H and O–H groups in total. The summed E-state index contributed by atoms with van der Waals surface area (Å²) in [5.74, 6) is 1.15. The molecule has 2 aromatic heterocycles. The van der Waals surface area contributed by atoms with Crippen LogP contribution in [0.15, 0.2) is 23.3 Å². The molecule has 1 fully saturated rings. The van der Waals surface area contributed by atoms with Crippen LogP contribution in [-0.4, -0.2) is 19.6 Å². The molecule has 1 aliphatic carbocycles. The molecule has 106 valence electrons. The van der Waals surface area contributed by atoms with Crippen molar-refractivity contribution in [1.29, 1.82) is 0 Å². The molecular formula is C13H16ClN5O. The van der Waals surface area contributed by atoms with Crippen LogP contribution in [0.4, 0.5) is 11.5 Å². The molecule has 7 heteroatoms. The molecule has 0 unspecified atom stereocenters. The number of aromatic nitrogens is 4. The molecule has 1 aliphatic rings. The first-order chi connectivity index (χ1) is 9.63. The molecule has 2 heterocycles. The number of rotatable bonds is 4. The second-order valence-electron chi connectivity index (χ2n) is 5.15. The number of hydrogen-bond donors (Lipinski definition) is 1. The average Bonchev–Trinajstić information content (AvgIpc) is 2.77. The molecule has 0 aliphatic heterocycles. The number of nitrogens with zero attached hydrogens (tertiary/aromatic N) is 4. The number of nitrogens with one attached hydrogen (secondary N) is 1. The molecule has 0 bridgehead atoms. The quantitative estimate of drug-likeness (QED) is 0.938. The van der Waals surface area contributed by atoms with E-state index in [9.17, 15) is 4.79 Å². The summed E-state index contributed by atoms with van der Waals surface area (Å²) in [4.78, 5) is 12.4. The largest absolute Gasteiger partial charge is 0.333 e. The predicted molar refractivity (Wildman–Crippen MR) is 77.3 cm³/mol. The molecule has 6 nitrogen and oxygen atoms in total. The zero-order chi connectivity index (χ0) is 14.1. The van der Waals surface area contributed by atoms with Crippen molar-refractivity contribution in [2.24, 2.45) is 13.0 Å². The van der Waals surface area contributed by atoms with Crippen LogP contribution in [0.5, 0.6) is 0 Å². The summed E-state index contributed by atoms with van der Waals surface area (Å²) in [7, 11) is 1.81. The molecule has 0 aromatic carbocycles. The second kappa shape index (κ2) is 5.28. The fourth-order valence-corrected chi connectivity index (χ4v) is 2.41. The van der Waals surface area contributed by atoms with Crippen LogP contribution in [0.1, 0.15) is 19.3 Å². The third-order valence-electron chi connectivity index (χ3n) is 3.62. The molecule has 20 heavy (non-hydrogen) atoms. The van der Waals surface area contributed by atoms with Crippen molar-refractivity contribution in [3.8, 4) is 0 Å². The Kier molecular flexibility index (Phi) is 3.48. The Hall–Kier alpha value is -1.82. The van der Waals surface area contributed by atoms with Gasteiger partial charge in [-0.3, -0.25) is 9.48 Å². The maximum atomic E-state index is 12.4. The van der Waals surface area contributed by atoms with E-state index in [-0.39, 0.29) is 5.56 Å². The van der Waals surface area contributed by atoms with Gasteiger partial charge in [0.1, 0.15) is 5.69 Å². The van der Waals surface area contributed by atoms with Crippen LogP contribution in [0.3, 0.4) is 0 Å². The van der Waals surface area contributed by atoms with Gasteiger partial charge in [-0.05, 0) is 18.8 Å². The van der Waals surface area contributed by atoms with Gasteiger partial charge in [-0.15, -0.1) is 0 Å². The van der Waals surface area contributed by atoms with E-state index >= 15 is 0 Å². The maximum absolute atomic E-state index is 12.4. The van der Waals surface area contributed by atoms with Crippen LogP contribution in [0.25, 0.3) is 0 Å². The van der Waals surface area contributed by atoms with E-state index < -0.39 is 0 Å². The van der Waals surface area contributed by atoms with E-state index in [2.05, 4.69) is 15.5 Å². The lowest BCUT2D eigenvalue weighted by Crippen LogP contribution is -2.30. The van der Waals surface area contributed by atoms with E-state index in [0.717, 1.165) is 0 Å². The molecule has 0 spiro atoms. The molecule has 0 radical (unpaired) electrons. The maximum Gasteiger partial charge on any atom is 0.292 e. The van der Waals surface area contributed by atoms with Crippen molar-refractivity contribution in [1.82, 2.24) is 19.6 Å². The van der Waals surface area contributed by atoms with Gasteiger partial charge in [0.05, 0.1) is 11.2 Å². The monoisotopic (exact) mass is 293 g/mol. The van der Waals surface area contributed by atoms with Crippen LogP contribution in [-0.2, 0) is 13.6 Å². The highest BCUT2D eigenvalue weighted by molar-refractivity contribution is 6.33. The predicted octanol–water partition coefficient (Wildman–Crippen LogP) is 2.17. The van der Waals surface area contributed by atoms with Crippen molar-refractivity contribution < 1.29 is 0 Å². The molecular weight excluding hydrogens is 278 g/mol. The highest BCUT2D eigenvalue weighted by Gasteiger charge is 2.20. The highest BCUT2D eigenvalue weighted by atomic mass is 35.5. The Morgan fingerprint density at radius 2 is 2.30 bits per heavy atom. The molecule has 1 saturated carbocycles. The molecule has 0 atom stereocenters. The van der Waals surface area contributed by atoms with Crippen LogP contribution in [0, 0.1) is 5.92 Å². The smallest absolute Gasteiger partial charge is 0.292 e. The minimum absolute atomic E-state index is 0.199. The van der Waals surface area contributed by atoms with Crippen LogP contribution < -0.4 is 10.9 Å². The first kappa shape index (κ1) is 13.2. The van der Waals surface area contributed by atoms with E-state index in [1.54, 1.807) is 16.9 Å². The van der Waals surface area contributed by atoms with Gasteiger partial charge in [0.25, 0.3) is 5.56 Å². The van der Waals surface area contributed by atoms with Crippen molar-refractivity contribution in [2.75, 3.05) is 5.32 Å². The van der Waals surface area contributed by atoms with Gasteiger partial charge >= 0.3 is 0 Å². The Labute approximate surface area is 121 Å². The zero-order valence-corrected chi connectivity index (χ0v) is 12.0. The lowest BCUT2D eigenvalue weighted by atomic mass is 9.85. The van der Waals surface area contributed by atoms with Gasteiger partial charge in [-0.1, -0.05) is 18.0 Å². The summed E-state index contributed by atoms with van der Waals surface area (Å²) in [6.45, 7) is 0.660. The number of aryl methyl sites for hydroxylation is 1. The molecule has 3 rings (SSSR count). The average molecular weight is 294 g/mol. The van der Waals surface area contributed by atoms with Gasteiger partial charge in [0, 0.05) is 25.9 Å². The normalized spacial score (nSPS) is 15.1. The standard InChI is InChI=1S/C13H16ClN5O/c1-18-6-5-11(17-18)16-12-10(14)7-15-19(13(12)20)8-9-3-2-4-9/h5-7,9H,2-4,8H2,1H3,(H,16,17). The first-order valence-corrected chi connectivity index (χ1v) is 7.03. The first-order valence-electron chi connectivity index (χ1n) is 6.66. The van der Waals surface area contributed by atoms with Gasteiger partial charge in [0.15, 0.2) is 5.82 Å². The lowest BCUT2D eigenvalue weighted by Gasteiger charge is -2.25. The summed E-state index contributed by atoms with van der Waals surface area (Å²) in [6, 6.07) is 1.78. The fraction of sp³-hybridized carbons (Fsp3) is 0.462. The van der Waals surface area contributed by atoms with E-state index in [1.165, 1.54) is 30.1 Å². The Bertz CT molecular complexity index is 674. The third kappa shape index (κ3) is 2.56. The minimum Gasteiger partial charge on any atom is -0.333 e. The topological polar surface area (TPSA) is 64.7 Å². The third-order valence-corrected chi connectivity index (χ3v) is 3.91. The molecule has 0 saturated heterocycles. The van der Waals surface area contributed by atoms with Gasteiger partial charge in [-0.25, -0.2) is 4.68 Å². The van der Waals surface area contributed by atoms with Crippen molar-refractivity contribution in [3.05, 3.63) is 33.8 Å². The highest BCUT2D eigenvalue weighted by Crippen LogP contribution is 2.27. The zero-order valence-electron chi connectivity index (χ0n) is 11.2.